The van der Waals surface area contributed by atoms with Crippen LogP contribution in [0, 0.1) is 0 Å². The van der Waals surface area contributed by atoms with E-state index >= 15 is 0 Å². The van der Waals surface area contributed by atoms with Crippen LogP contribution in [0.25, 0.3) is 0 Å². The Hall–Kier alpha value is -1.51. The number of nitrogens with zero attached hydrogens (tertiary/aromatic N) is 2. The minimum absolute atomic E-state index is 0.230. The van der Waals surface area contributed by atoms with Crippen LogP contribution in [0.5, 0.6) is 5.75 Å². The SMILES string of the molecule is COc1ccc(Cl)cc1N(C(C)C(=O)NCCCN(C)C)S(C)(=O)=O. The quantitative estimate of drug-likeness (QED) is 0.646. The minimum atomic E-state index is -3.73. The van der Waals surface area contributed by atoms with Gasteiger partial charge in [0.2, 0.25) is 15.9 Å². The maximum Gasteiger partial charge on any atom is 0.243 e. The summed E-state index contributed by atoms with van der Waals surface area (Å²) in [7, 11) is 1.59. The summed E-state index contributed by atoms with van der Waals surface area (Å²) in [5.74, 6) is -0.0618. The molecule has 0 aliphatic rings. The molecule has 0 aromatic heterocycles. The number of carbonyl (C=O) groups excluding carboxylic acids is 1. The maximum absolute atomic E-state index is 12.4. The van der Waals surface area contributed by atoms with Gasteiger partial charge in [0.05, 0.1) is 19.1 Å². The Balaban J connectivity index is 3.04. The average Bonchev–Trinajstić information content (AvgIpc) is 2.50. The first-order valence-corrected chi connectivity index (χ1v) is 10.1. The van der Waals surface area contributed by atoms with Gasteiger partial charge in [-0.1, -0.05) is 11.6 Å². The first-order chi connectivity index (χ1) is 11.6. The number of methoxy groups -OCH3 is 1. The van der Waals surface area contributed by atoms with E-state index in [2.05, 4.69) is 5.32 Å². The van der Waals surface area contributed by atoms with Gasteiger partial charge in [-0.25, -0.2) is 8.42 Å². The van der Waals surface area contributed by atoms with E-state index in [4.69, 9.17) is 16.3 Å². The molecule has 7 nitrogen and oxygen atoms in total. The summed E-state index contributed by atoms with van der Waals surface area (Å²) in [6, 6.07) is 3.69. The summed E-state index contributed by atoms with van der Waals surface area (Å²) in [5, 5.41) is 3.12. The Bertz CT molecular complexity index is 695. The minimum Gasteiger partial charge on any atom is -0.495 e. The Morgan fingerprint density at radius 2 is 2.00 bits per heavy atom. The number of hydrogen-bond donors (Lipinski definition) is 1. The van der Waals surface area contributed by atoms with Crippen molar-refractivity contribution < 1.29 is 17.9 Å². The number of ether oxygens (including phenoxy) is 1. The smallest absolute Gasteiger partial charge is 0.243 e. The van der Waals surface area contributed by atoms with Crippen molar-refractivity contribution in [3.8, 4) is 5.75 Å². The highest BCUT2D eigenvalue weighted by molar-refractivity contribution is 7.92. The van der Waals surface area contributed by atoms with Gasteiger partial charge in [-0.05, 0) is 52.2 Å². The number of carbonyl (C=O) groups is 1. The van der Waals surface area contributed by atoms with Gasteiger partial charge in [-0.2, -0.15) is 0 Å². The van der Waals surface area contributed by atoms with Gasteiger partial charge in [0.15, 0.2) is 0 Å². The van der Waals surface area contributed by atoms with Crippen LogP contribution in [0.15, 0.2) is 18.2 Å². The van der Waals surface area contributed by atoms with Gasteiger partial charge >= 0.3 is 0 Å². The first kappa shape index (κ1) is 21.5. The number of anilines is 1. The molecule has 1 aromatic rings. The summed E-state index contributed by atoms with van der Waals surface area (Å²) in [4.78, 5) is 14.4. The van der Waals surface area contributed by atoms with Crippen LogP contribution in [0.2, 0.25) is 5.02 Å². The zero-order chi connectivity index (χ0) is 19.2. The number of nitrogens with one attached hydrogen (secondary N) is 1. The molecule has 0 aliphatic carbocycles. The lowest BCUT2D eigenvalue weighted by molar-refractivity contribution is -0.121. The normalized spacial score (nSPS) is 12.8. The predicted molar refractivity (Wildman–Crippen MR) is 101 cm³/mol. The molecule has 1 aromatic carbocycles. The second-order valence-corrected chi connectivity index (χ2v) is 8.29. The van der Waals surface area contributed by atoms with Crippen LogP contribution >= 0.6 is 11.6 Å². The number of sulfonamides is 1. The third-order valence-corrected chi connectivity index (χ3v) is 5.01. The monoisotopic (exact) mass is 391 g/mol. The molecule has 9 heteroatoms. The number of benzene rings is 1. The fourth-order valence-electron chi connectivity index (χ4n) is 2.37. The predicted octanol–water partition coefficient (Wildman–Crippen LogP) is 1.57. The number of halogens is 1. The van der Waals surface area contributed by atoms with E-state index in [-0.39, 0.29) is 11.6 Å². The van der Waals surface area contributed by atoms with E-state index in [1.807, 2.05) is 19.0 Å². The lowest BCUT2D eigenvalue weighted by atomic mass is 10.2. The van der Waals surface area contributed by atoms with Crippen molar-refractivity contribution >= 4 is 33.2 Å². The molecule has 25 heavy (non-hydrogen) atoms. The summed E-state index contributed by atoms with van der Waals surface area (Å²) in [6.45, 7) is 2.82. The van der Waals surface area contributed by atoms with Crippen LogP contribution in [-0.2, 0) is 14.8 Å². The fourth-order valence-corrected chi connectivity index (χ4v) is 3.71. The zero-order valence-corrected chi connectivity index (χ0v) is 16.8. The zero-order valence-electron chi connectivity index (χ0n) is 15.2. The molecule has 0 spiro atoms. The molecular weight excluding hydrogens is 366 g/mol. The van der Waals surface area contributed by atoms with E-state index in [1.54, 1.807) is 12.1 Å². The van der Waals surface area contributed by atoms with Gasteiger partial charge < -0.3 is 15.0 Å². The molecule has 1 N–H and O–H groups in total. The van der Waals surface area contributed by atoms with Gasteiger partial charge in [0.25, 0.3) is 0 Å². The van der Waals surface area contributed by atoms with Gasteiger partial charge in [-0.3, -0.25) is 9.10 Å². The van der Waals surface area contributed by atoms with Crippen LogP contribution in [-0.4, -0.2) is 65.8 Å². The van der Waals surface area contributed by atoms with Crippen molar-refractivity contribution in [2.45, 2.75) is 19.4 Å². The average molecular weight is 392 g/mol. The van der Waals surface area contributed by atoms with Gasteiger partial charge in [0, 0.05) is 11.6 Å². The molecule has 1 amide bonds. The summed E-state index contributed by atoms with van der Waals surface area (Å²) >= 11 is 6.00. The summed E-state index contributed by atoms with van der Waals surface area (Å²) < 4.78 is 30.9. The topological polar surface area (TPSA) is 79.0 Å². The summed E-state index contributed by atoms with van der Waals surface area (Å²) in [6.07, 6.45) is 1.81. The van der Waals surface area contributed by atoms with Gasteiger partial charge in [0.1, 0.15) is 11.8 Å². The van der Waals surface area contributed by atoms with Crippen LogP contribution in [0.4, 0.5) is 5.69 Å². The highest BCUT2D eigenvalue weighted by atomic mass is 35.5. The summed E-state index contributed by atoms with van der Waals surface area (Å²) in [5.41, 5.74) is 0.230. The molecule has 0 heterocycles. The lowest BCUT2D eigenvalue weighted by Crippen LogP contribution is -2.48. The molecule has 0 saturated heterocycles. The molecule has 1 rings (SSSR count). The first-order valence-electron chi connectivity index (χ1n) is 7.83. The molecule has 0 bridgehead atoms. The number of hydrogen-bond acceptors (Lipinski definition) is 5. The van der Waals surface area contributed by atoms with E-state index < -0.39 is 16.1 Å². The second kappa shape index (κ2) is 9.26. The molecule has 1 atom stereocenters. The van der Waals surface area contributed by atoms with Crippen molar-refractivity contribution in [1.82, 2.24) is 10.2 Å². The molecule has 0 aliphatic heterocycles. The molecule has 0 radical (unpaired) electrons. The Kier molecular flexibility index (Phi) is 7.98. The largest absolute Gasteiger partial charge is 0.495 e. The molecule has 142 valence electrons. The van der Waals surface area contributed by atoms with Crippen molar-refractivity contribution in [2.24, 2.45) is 0 Å². The van der Waals surface area contributed by atoms with Crippen LogP contribution in [0.3, 0.4) is 0 Å². The molecule has 0 fully saturated rings. The van der Waals surface area contributed by atoms with Crippen molar-refractivity contribution in [1.29, 1.82) is 0 Å². The van der Waals surface area contributed by atoms with Crippen molar-refractivity contribution in [2.75, 3.05) is 44.9 Å². The molecule has 1 unspecified atom stereocenters. The third kappa shape index (κ3) is 6.37. The number of amides is 1. The van der Waals surface area contributed by atoms with Crippen molar-refractivity contribution in [3.05, 3.63) is 23.2 Å². The van der Waals surface area contributed by atoms with E-state index in [0.717, 1.165) is 23.5 Å². The Morgan fingerprint density at radius 3 is 2.52 bits per heavy atom. The standard InChI is InChI=1S/C16H26ClN3O4S/c1-12(16(21)18-9-6-10-19(2)3)20(25(5,22)23)14-11-13(17)7-8-15(14)24-4/h7-8,11-12H,6,9-10H2,1-5H3,(H,18,21). The molecular formula is C16H26ClN3O4S. The third-order valence-electron chi connectivity index (χ3n) is 3.55. The number of rotatable bonds is 9. The Labute approximate surface area is 154 Å². The second-order valence-electron chi connectivity index (χ2n) is 6.00. The van der Waals surface area contributed by atoms with E-state index in [0.29, 0.717) is 17.3 Å². The van der Waals surface area contributed by atoms with E-state index in [1.165, 1.54) is 20.1 Å². The maximum atomic E-state index is 12.4. The van der Waals surface area contributed by atoms with Crippen molar-refractivity contribution in [3.63, 3.8) is 0 Å². The Morgan fingerprint density at radius 1 is 1.36 bits per heavy atom. The fraction of sp³-hybridized carbons (Fsp3) is 0.562. The molecule has 0 saturated carbocycles. The van der Waals surface area contributed by atoms with Crippen LogP contribution < -0.4 is 14.4 Å². The highest BCUT2D eigenvalue weighted by Crippen LogP contribution is 2.34. The van der Waals surface area contributed by atoms with Crippen LogP contribution in [0.1, 0.15) is 13.3 Å². The van der Waals surface area contributed by atoms with Gasteiger partial charge in [-0.15, -0.1) is 0 Å². The highest BCUT2D eigenvalue weighted by Gasteiger charge is 2.31. The lowest BCUT2D eigenvalue weighted by Gasteiger charge is -2.29. The van der Waals surface area contributed by atoms with E-state index in [9.17, 15) is 13.2 Å².